The summed E-state index contributed by atoms with van der Waals surface area (Å²) in [5.74, 6) is 1.29. The van der Waals surface area contributed by atoms with Gasteiger partial charge < -0.3 is 20.1 Å². The highest BCUT2D eigenvalue weighted by molar-refractivity contribution is 5.80. The fraction of sp³-hybridized carbons (Fsp3) is 0.619. The number of fused-ring (bicyclic) bond motifs is 1. The maximum atomic E-state index is 12.5. The molecular formula is C21H31N5O. The van der Waals surface area contributed by atoms with Crippen molar-refractivity contribution in [2.75, 3.05) is 44.2 Å². The van der Waals surface area contributed by atoms with E-state index in [0.717, 1.165) is 56.0 Å². The zero-order chi connectivity index (χ0) is 18.6. The van der Waals surface area contributed by atoms with Gasteiger partial charge in [-0.15, -0.1) is 0 Å². The van der Waals surface area contributed by atoms with Gasteiger partial charge in [0.1, 0.15) is 0 Å². The normalized spacial score (nSPS) is 19.5. The number of carbonyl (C=O) groups is 1. The topological polar surface area (TPSA) is 64.3 Å². The van der Waals surface area contributed by atoms with Crippen molar-refractivity contribution in [1.82, 2.24) is 20.2 Å². The molecule has 2 aliphatic rings. The van der Waals surface area contributed by atoms with Crippen LogP contribution >= 0.6 is 0 Å². The molecule has 1 amide bonds. The average Bonchev–Trinajstić information content (AvgIpc) is 3.12. The molecule has 2 fully saturated rings. The minimum absolute atomic E-state index is 0.134. The number of likely N-dealkylation sites (tertiary alicyclic amines) is 1. The molecule has 27 heavy (non-hydrogen) atoms. The summed E-state index contributed by atoms with van der Waals surface area (Å²) in [6, 6.07) is 6.29. The molecule has 6 nitrogen and oxygen atoms in total. The van der Waals surface area contributed by atoms with Crippen LogP contribution in [0.15, 0.2) is 18.2 Å². The first kappa shape index (κ1) is 18.3. The predicted molar refractivity (Wildman–Crippen MR) is 109 cm³/mol. The van der Waals surface area contributed by atoms with Gasteiger partial charge in [0.2, 0.25) is 11.9 Å². The van der Waals surface area contributed by atoms with Crippen molar-refractivity contribution < 1.29 is 4.79 Å². The lowest BCUT2D eigenvalue weighted by atomic mass is 9.96. The lowest BCUT2D eigenvalue weighted by Crippen LogP contribution is -2.43. The van der Waals surface area contributed by atoms with Crippen LogP contribution in [-0.4, -0.2) is 60.0 Å². The Morgan fingerprint density at radius 1 is 1.19 bits per heavy atom. The number of benzene rings is 1. The summed E-state index contributed by atoms with van der Waals surface area (Å²) >= 11 is 0. The molecule has 2 N–H and O–H groups in total. The van der Waals surface area contributed by atoms with E-state index in [-0.39, 0.29) is 11.8 Å². The number of hydrogen-bond acceptors (Lipinski definition) is 4. The third-order valence-electron chi connectivity index (χ3n) is 5.97. The molecule has 2 aromatic rings. The van der Waals surface area contributed by atoms with Crippen LogP contribution in [0.1, 0.15) is 37.7 Å². The minimum Gasteiger partial charge on any atom is -0.355 e. The Morgan fingerprint density at radius 3 is 2.74 bits per heavy atom. The number of aromatic nitrogens is 2. The number of anilines is 1. The summed E-state index contributed by atoms with van der Waals surface area (Å²) in [5, 5.41) is 3.16. The van der Waals surface area contributed by atoms with Gasteiger partial charge in [0, 0.05) is 32.1 Å². The van der Waals surface area contributed by atoms with Crippen molar-refractivity contribution >= 4 is 22.9 Å². The number of amides is 1. The van der Waals surface area contributed by atoms with Crippen LogP contribution in [0.25, 0.3) is 11.0 Å². The Bertz CT molecular complexity index is 772. The van der Waals surface area contributed by atoms with E-state index in [1.54, 1.807) is 0 Å². The van der Waals surface area contributed by atoms with Gasteiger partial charge in [-0.3, -0.25) is 4.79 Å². The number of piperidine rings is 2. The number of aryl methyl sites for hydroxylation is 1. The predicted octanol–water partition coefficient (Wildman–Crippen LogP) is 2.69. The molecule has 1 aromatic carbocycles. The van der Waals surface area contributed by atoms with Crippen LogP contribution in [0.2, 0.25) is 0 Å². The Labute approximate surface area is 161 Å². The molecule has 2 saturated heterocycles. The van der Waals surface area contributed by atoms with Crippen molar-refractivity contribution in [3.8, 4) is 0 Å². The standard InChI is InChI=1S/C21H31N5O/c1-16-5-6-18-19(15-16)24-21(23-18)26-12-7-17(8-13-26)20(27)22-9-14-25-10-3-2-4-11-25/h5-6,15,17H,2-4,7-14H2,1H3,(H,22,27)(H,23,24). The van der Waals surface area contributed by atoms with E-state index in [0.29, 0.717) is 0 Å². The molecule has 0 saturated carbocycles. The van der Waals surface area contributed by atoms with Crippen LogP contribution in [0.4, 0.5) is 5.95 Å². The van der Waals surface area contributed by atoms with Crippen molar-refractivity contribution in [2.24, 2.45) is 5.92 Å². The molecule has 3 heterocycles. The first-order valence-electron chi connectivity index (χ1n) is 10.4. The van der Waals surface area contributed by atoms with E-state index >= 15 is 0 Å². The van der Waals surface area contributed by atoms with Gasteiger partial charge in [0.05, 0.1) is 11.0 Å². The van der Waals surface area contributed by atoms with Crippen molar-refractivity contribution in [2.45, 2.75) is 39.0 Å². The zero-order valence-corrected chi connectivity index (χ0v) is 16.3. The highest BCUT2D eigenvalue weighted by Gasteiger charge is 2.26. The zero-order valence-electron chi connectivity index (χ0n) is 16.3. The van der Waals surface area contributed by atoms with Gasteiger partial charge in [-0.05, 0) is 63.4 Å². The Morgan fingerprint density at radius 2 is 1.96 bits per heavy atom. The second kappa shape index (κ2) is 8.30. The van der Waals surface area contributed by atoms with Gasteiger partial charge >= 0.3 is 0 Å². The van der Waals surface area contributed by atoms with Gasteiger partial charge in [-0.1, -0.05) is 12.5 Å². The Hall–Kier alpha value is -2.08. The monoisotopic (exact) mass is 369 g/mol. The molecule has 0 bridgehead atoms. The Kier molecular flexibility index (Phi) is 5.62. The third kappa shape index (κ3) is 4.43. The first-order valence-corrected chi connectivity index (χ1v) is 10.4. The molecule has 0 atom stereocenters. The van der Waals surface area contributed by atoms with E-state index in [2.05, 4.69) is 45.2 Å². The summed E-state index contributed by atoms with van der Waals surface area (Å²) in [4.78, 5) is 25.4. The maximum Gasteiger partial charge on any atom is 0.223 e. The quantitative estimate of drug-likeness (QED) is 0.851. The number of rotatable bonds is 5. The molecule has 1 aromatic heterocycles. The van der Waals surface area contributed by atoms with Crippen LogP contribution < -0.4 is 10.2 Å². The average molecular weight is 370 g/mol. The van der Waals surface area contributed by atoms with Crippen LogP contribution in [0.3, 0.4) is 0 Å². The summed E-state index contributed by atoms with van der Waals surface area (Å²) in [5.41, 5.74) is 3.33. The molecule has 0 unspecified atom stereocenters. The van der Waals surface area contributed by atoms with Crippen molar-refractivity contribution in [3.63, 3.8) is 0 Å². The van der Waals surface area contributed by atoms with Crippen LogP contribution in [0, 0.1) is 12.8 Å². The number of nitrogens with zero attached hydrogens (tertiary/aromatic N) is 3. The molecular weight excluding hydrogens is 338 g/mol. The number of H-pyrrole nitrogens is 1. The molecule has 146 valence electrons. The van der Waals surface area contributed by atoms with E-state index in [4.69, 9.17) is 4.98 Å². The number of carbonyl (C=O) groups excluding carboxylic acids is 1. The molecule has 2 aliphatic heterocycles. The van der Waals surface area contributed by atoms with E-state index in [1.165, 1.54) is 37.9 Å². The molecule has 0 aliphatic carbocycles. The summed E-state index contributed by atoms with van der Waals surface area (Å²) in [6.07, 6.45) is 5.74. The third-order valence-corrected chi connectivity index (χ3v) is 5.97. The van der Waals surface area contributed by atoms with E-state index in [9.17, 15) is 4.79 Å². The number of aromatic amines is 1. The maximum absolute atomic E-state index is 12.5. The van der Waals surface area contributed by atoms with Crippen molar-refractivity contribution in [1.29, 1.82) is 0 Å². The number of imidazole rings is 1. The molecule has 4 rings (SSSR count). The highest BCUT2D eigenvalue weighted by Crippen LogP contribution is 2.24. The van der Waals surface area contributed by atoms with Gasteiger partial charge in [0.15, 0.2) is 0 Å². The molecule has 6 heteroatoms. The van der Waals surface area contributed by atoms with Gasteiger partial charge in [-0.25, -0.2) is 4.98 Å². The highest BCUT2D eigenvalue weighted by atomic mass is 16.1. The number of hydrogen-bond donors (Lipinski definition) is 2. The lowest BCUT2D eigenvalue weighted by Gasteiger charge is -2.31. The number of nitrogens with one attached hydrogen (secondary N) is 2. The molecule has 0 radical (unpaired) electrons. The second-order valence-electron chi connectivity index (χ2n) is 8.04. The summed E-state index contributed by atoms with van der Waals surface area (Å²) < 4.78 is 0. The fourth-order valence-electron chi connectivity index (χ4n) is 4.28. The first-order chi connectivity index (χ1) is 13.2. The largest absolute Gasteiger partial charge is 0.355 e. The van der Waals surface area contributed by atoms with E-state index < -0.39 is 0 Å². The Balaban J connectivity index is 1.24. The summed E-state index contributed by atoms with van der Waals surface area (Å²) in [7, 11) is 0. The van der Waals surface area contributed by atoms with Crippen LogP contribution in [0.5, 0.6) is 0 Å². The summed E-state index contributed by atoms with van der Waals surface area (Å²) in [6.45, 7) is 7.99. The van der Waals surface area contributed by atoms with Gasteiger partial charge in [0.25, 0.3) is 0 Å². The second-order valence-corrected chi connectivity index (χ2v) is 8.04. The SMILES string of the molecule is Cc1ccc2nc(N3CCC(C(=O)NCCN4CCCCC4)CC3)[nH]c2c1. The van der Waals surface area contributed by atoms with Crippen molar-refractivity contribution in [3.05, 3.63) is 23.8 Å². The smallest absolute Gasteiger partial charge is 0.223 e. The fourth-order valence-corrected chi connectivity index (χ4v) is 4.28. The minimum atomic E-state index is 0.134. The van der Waals surface area contributed by atoms with Gasteiger partial charge in [-0.2, -0.15) is 0 Å². The van der Waals surface area contributed by atoms with E-state index in [1.807, 2.05) is 0 Å². The van der Waals surface area contributed by atoms with Crippen LogP contribution in [-0.2, 0) is 4.79 Å². The molecule has 0 spiro atoms. The lowest BCUT2D eigenvalue weighted by molar-refractivity contribution is -0.125.